The maximum atomic E-state index is 13.2. The van der Waals surface area contributed by atoms with Gasteiger partial charge in [0.2, 0.25) is 5.78 Å². The van der Waals surface area contributed by atoms with Crippen LogP contribution in [0.4, 0.5) is 0 Å². The minimum Gasteiger partial charge on any atom is -0.340 e. The quantitative estimate of drug-likeness (QED) is 0.527. The second-order valence-corrected chi connectivity index (χ2v) is 9.49. The summed E-state index contributed by atoms with van der Waals surface area (Å²) in [5.41, 5.74) is 1.39. The van der Waals surface area contributed by atoms with E-state index in [2.05, 4.69) is 6.92 Å². The normalized spacial score (nSPS) is 13.5. The van der Waals surface area contributed by atoms with Crippen molar-refractivity contribution >= 4 is 21.4 Å². The molecule has 3 rings (SSSR count). The van der Waals surface area contributed by atoms with Gasteiger partial charge in [0.05, 0.1) is 10.5 Å². The van der Waals surface area contributed by atoms with Crippen molar-refractivity contribution in [2.45, 2.75) is 63.8 Å². The fourth-order valence-electron chi connectivity index (χ4n) is 4.09. The summed E-state index contributed by atoms with van der Waals surface area (Å²) in [4.78, 5) is 26.3. The fraction of sp³-hybridized carbons (Fsp3) is 0.455. The summed E-state index contributed by atoms with van der Waals surface area (Å²) in [5.74, 6) is -0.649. The van der Waals surface area contributed by atoms with E-state index in [9.17, 15) is 18.0 Å². The van der Waals surface area contributed by atoms with E-state index in [0.717, 1.165) is 25.5 Å². The molecule has 1 aliphatic carbocycles. The minimum atomic E-state index is -3.65. The molecule has 0 fully saturated rings. The molecule has 5 nitrogen and oxygen atoms in total. The number of fused-ring (bicyclic) bond motifs is 2. The van der Waals surface area contributed by atoms with Gasteiger partial charge in [-0.05, 0) is 13.3 Å². The third-order valence-electron chi connectivity index (χ3n) is 5.43. The number of hydrogen-bond acceptors (Lipinski definition) is 4. The van der Waals surface area contributed by atoms with Crippen molar-refractivity contribution in [1.29, 1.82) is 0 Å². The van der Waals surface area contributed by atoms with E-state index in [4.69, 9.17) is 0 Å². The van der Waals surface area contributed by atoms with Crippen molar-refractivity contribution in [3.63, 3.8) is 0 Å². The van der Waals surface area contributed by atoms with Gasteiger partial charge in [-0.25, -0.2) is 8.42 Å². The molecule has 0 atom stereocenters. The molecule has 0 unspecified atom stereocenters. The molecule has 0 bridgehead atoms. The van der Waals surface area contributed by atoms with Crippen molar-refractivity contribution in [3.05, 3.63) is 52.3 Å². The van der Waals surface area contributed by atoms with Gasteiger partial charge in [0.15, 0.2) is 15.6 Å². The zero-order valence-electron chi connectivity index (χ0n) is 16.7. The molecule has 0 amide bonds. The number of rotatable bonds is 8. The van der Waals surface area contributed by atoms with Crippen LogP contribution in [0, 0.1) is 6.92 Å². The molecular weight excluding hydrogens is 374 g/mol. The topological polar surface area (TPSA) is 73.2 Å². The third kappa shape index (κ3) is 3.58. The lowest BCUT2D eigenvalue weighted by molar-refractivity contribution is 0.0971. The molecule has 1 aliphatic rings. The molecule has 0 spiro atoms. The van der Waals surface area contributed by atoms with E-state index in [1.54, 1.807) is 35.8 Å². The Balaban J connectivity index is 2.04. The van der Waals surface area contributed by atoms with Gasteiger partial charge in [-0.1, -0.05) is 63.3 Å². The highest BCUT2D eigenvalue weighted by atomic mass is 32.2. The maximum absolute atomic E-state index is 13.2. The number of benzene rings is 1. The molecule has 150 valence electrons. The molecule has 2 aromatic rings. The third-order valence-corrected chi connectivity index (χ3v) is 6.67. The molecule has 0 aliphatic heterocycles. The van der Waals surface area contributed by atoms with Crippen LogP contribution in [0.2, 0.25) is 0 Å². The first-order valence-corrected chi connectivity index (χ1v) is 11.8. The molecule has 0 saturated carbocycles. The largest absolute Gasteiger partial charge is 0.340 e. The van der Waals surface area contributed by atoms with Crippen molar-refractivity contribution in [1.82, 2.24) is 4.57 Å². The van der Waals surface area contributed by atoms with Gasteiger partial charge in [-0.15, -0.1) is 0 Å². The van der Waals surface area contributed by atoms with Crippen LogP contribution in [0.25, 0.3) is 0 Å². The van der Waals surface area contributed by atoms with Gasteiger partial charge in [-0.2, -0.15) is 0 Å². The summed E-state index contributed by atoms with van der Waals surface area (Å²) in [6.45, 7) is 4.40. The molecule has 0 N–H and O–H groups in total. The zero-order valence-corrected chi connectivity index (χ0v) is 17.6. The molecule has 0 saturated heterocycles. The Labute approximate surface area is 166 Å². The van der Waals surface area contributed by atoms with Crippen LogP contribution >= 0.6 is 0 Å². The van der Waals surface area contributed by atoms with E-state index in [1.807, 2.05) is 0 Å². The SMILES string of the molecule is CCCCCCCCn1c(C)c(S(C)(=O)=O)c2c1C(=O)c1ccccc1C2=O. The lowest BCUT2D eigenvalue weighted by Crippen LogP contribution is -2.23. The minimum absolute atomic E-state index is 0.00124. The summed E-state index contributed by atoms with van der Waals surface area (Å²) in [7, 11) is -3.65. The van der Waals surface area contributed by atoms with Crippen LogP contribution in [0.1, 0.15) is 83.1 Å². The van der Waals surface area contributed by atoms with Gasteiger partial charge < -0.3 is 4.57 Å². The van der Waals surface area contributed by atoms with Gasteiger partial charge >= 0.3 is 0 Å². The Morgan fingerprint density at radius 1 is 0.893 bits per heavy atom. The van der Waals surface area contributed by atoms with Crippen LogP contribution in [0.15, 0.2) is 29.2 Å². The number of unbranched alkanes of at least 4 members (excludes halogenated alkanes) is 5. The highest BCUT2D eigenvalue weighted by molar-refractivity contribution is 7.90. The van der Waals surface area contributed by atoms with Crippen molar-refractivity contribution < 1.29 is 18.0 Å². The molecule has 1 heterocycles. The van der Waals surface area contributed by atoms with E-state index >= 15 is 0 Å². The average molecular weight is 402 g/mol. The van der Waals surface area contributed by atoms with E-state index in [-0.39, 0.29) is 33.3 Å². The maximum Gasteiger partial charge on any atom is 0.210 e. The summed E-state index contributed by atoms with van der Waals surface area (Å²) in [6, 6.07) is 6.64. The number of nitrogens with zero attached hydrogens (tertiary/aromatic N) is 1. The molecule has 6 heteroatoms. The Kier molecular flexibility index (Phi) is 5.89. The summed E-state index contributed by atoms with van der Waals surface area (Å²) < 4.78 is 26.7. The van der Waals surface area contributed by atoms with Crippen LogP contribution < -0.4 is 0 Å². The van der Waals surface area contributed by atoms with Crippen molar-refractivity contribution in [3.8, 4) is 0 Å². The lowest BCUT2D eigenvalue weighted by Gasteiger charge is -2.17. The predicted molar refractivity (Wildman–Crippen MR) is 109 cm³/mol. The van der Waals surface area contributed by atoms with Crippen molar-refractivity contribution in [2.75, 3.05) is 6.26 Å². The fourth-order valence-corrected chi connectivity index (χ4v) is 5.29. The number of sulfone groups is 1. The van der Waals surface area contributed by atoms with E-state index < -0.39 is 9.84 Å². The molecular formula is C22H27NO4S. The summed E-state index contributed by atoms with van der Waals surface area (Å²) in [6.07, 6.45) is 7.64. The smallest absolute Gasteiger partial charge is 0.210 e. The van der Waals surface area contributed by atoms with E-state index in [1.165, 1.54) is 19.3 Å². The van der Waals surface area contributed by atoms with Gasteiger partial charge in [0.1, 0.15) is 5.69 Å². The number of ketones is 2. The number of carbonyl (C=O) groups is 2. The number of carbonyl (C=O) groups excluding carboxylic acids is 2. The van der Waals surface area contributed by atoms with E-state index in [0.29, 0.717) is 17.8 Å². The summed E-state index contributed by atoms with van der Waals surface area (Å²) >= 11 is 0. The number of aromatic nitrogens is 1. The van der Waals surface area contributed by atoms with Gasteiger partial charge in [0, 0.05) is 29.6 Å². The van der Waals surface area contributed by atoms with Gasteiger partial charge in [-0.3, -0.25) is 9.59 Å². The highest BCUT2D eigenvalue weighted by Gasteiger charge is 2.39. The highest BCUT2D eigenvalue weighted by Crippen LogP contribution is 2.36. The zero-order chi connectivity index (χ0) is 20.5. The first-order chi connectivity index (χ1) is 13.3. The first kappa shape index (κ1) is 20.5. The second-order valence-electron chi connectivity index (χ2n) is 7.53. The Morgan fingerprint density at radius 3 is 2.07 bits per heavy atom. The van der Waals surface area contributed by atoms with Gasteiger partial charge in [0.25, 0.3) is 0 Å². The van der Waals surface area contributed by atoms with Crippen LogP contribution in [-0.2, 0) is 16.4 Å². The Bertz CT molecular complexity index is 1030. The standard InChI is InChI=1S/C22H27NO4S/c1-4-5-6-7-8-11-14-23-15(2)22(28(3,26)27)18-19(23)21(25)17-13-10-9-12-16(17)20(18)24/h9-10,12-13H,4-8,11,14H2,1-3H3. The average Bonchev–Trinajstić information content (AvgIpc) is 2.95. The predicted octanol–water partition coefficient (Wildman–Crippen LogP) is 4.34. The second kappa shape index (κ2) is 8.03. The van der Waals surface area contributed by atoms with Crippen molar-refractivity contribution in [2.24, 2.45) is 0 Å². The Hall–Kier alpha value is -2.21. The molecule has 28 heavy (non-hydrogen) atoms. The molecule has 1 aromatic carbocycles. The molecule has 1 aromatic heterocycles. The van der Waals surface area contributed by atoms with Crippen LogP contribution in [0.3, 0.4) is 0 Å². The van der Waals surface area contributed by atoms with Crippen LogP contribution in [0.5, 0.6) is 0 Å². The lowest BCUT2D eigenvalue weighted by atomic mass is 9.88. The monoisotopic (exact) mass is 401 g/mol. The Morgan fingerprint density at radius 2 is 1.46 bits per heavy atom. The van der Waals surface area contributed by atoms with Crippen LogP contribution in [-0.4, -0.2) is 30.8 Å². The molecule has 0 radical (unpaired) electrons. The number of hydrogen-bond donors (Lipinski definition) is 0. The first-order valence-electron chi connectivity index (χ1n) is 9.90. The summed E-state index contributed by atoms with van der Waals surface area (Å²) in [5, 5.41) is 0.